The molecule has 4 heteroatoms. The van der Waals surface area contributed by atoms with Crippen LogP contribution < -0.4 is 5.32 Å². The molecule has 0 bridgehead atoms. The number of rotatable bonds is 5. The topological polar surface area (TPSA) is 50.7 Å². The molecule has 0 spiro atoms. The summed E-state index contributed by atoms with van der Waals surface area (Å²) < 4.78 is 0. The van der Waals surface area contributed by atoms with Crippen LogP contribution in [0.4, 0.5) is 5.82 Å². The molecule has 0 aliphatic heterocycles. The fourth-order valence-electron chi connectivity index (χ4n) is 3.71. The average molecular weight is 403 g/mol. The van der Waals surface area contributed by atoms with E-state index in [1.165, 1.54) is 16.7 Å². The van der Waals surface area contributed by atoms with Gasteiger partial charge in [0, 0.05) is 41.8 Å². The van der Waals surface area contributed by atoms with Gasteiger partial charge in [-0.1, -0.05) is 54.6 Å². The van der Waals surface area contributed by atoms with Gasteiger partial charge in [-0.15, -0.1) is 0 Å². The molecule has 0 saturated carbocycles. The Balaban J connectivity index is 1.41. The van der Waals surface area contributed by atoms with Crippen LogP contribution in [-0.2, 0) is 6.54 Å². The van der Waals surface area contributed by atoms with Crippen molar-refractivity contribution in [1.29, 1.82) is 0 Å². The molecule has 3 aromatic heterocycles. The van der Waals surface area contributed by atoms with Gasteiger partial charge in [0.2, 0.25) is 0 Å². The van der Waals surface area contributed by atoms with Gasteiger partial charge in [0.25, 0.3) is 0 Å². The Kier molecular flexibility index (Phi) is 5.11. The van der Waals surface area contributed by atoms with E-state index in [2.05, 4.69) is 63.8 Å². The highest BCUT2D eigenvalue weighted by Gasteiger charge is 2.08. The quantitative estimate of drug-likeness (QED) is 0.376. The molecule has 3 heterocycles. The second-order valence-electron chi connectivity index (χ2n) is 7.56. The van der Waals surface area contributed by atoms with E-state index in [-0.39, 0.29) is 0 Å². The summed E-state index contributed by atoms with van der Waals surface area (Å²) in [6.45, 7) is 2.70. The first-order valence-electron chi connectivity index (χ1n) is 10.3. The molecule has 0 amide bonds. The third-order valence-corrected chi connectivity index (χ3v) is 5.35. The SMILES string of the molecule is Cc1cc(-c2ccc(CNc3nc(-c4ccccc4)cc4ccncc34)cc2)ccn1. The van der Waals surface area contributed by atoms with Crippen LogP contribution in [-0.4, -0.2) is 15.0 Å². The second-order valence-corrected chi connectivity index (χ2v) is 7.56. The Bertz CT molecular complexity index is 1330. The molecule has 0 unspecified atom stereocenters. The van der Waals surface area contributed by atoms with Gasteiger partial charge in [-0.2, -0.15) is 0 Å². The molecule has 4 nitrogen and oxygen atoms in total. The molecule has 0 atom stereocenters. The minimum absolute atomic E-state index is 0.685. The van der Waals surface area contributed by atoms with Gasteiger partial charge in [-0.05, 0) is 53.3 Å². The summed E-state index contributed by atoms with van der Waals surface area (Å²) in [4.78, 5) is 13.5. The zero-order chi connectivity index (χ0) is 21.0. The highest BCUT2D eigenvalue weighted by Crippen LogP contribution is 2.28. The first kappa shape index (κ1) is 18.9. The number of pyridine rings is 3. The number of hydrogen-bond donors (Lipinski definition) is 1. The Morgan fingerprint density at radius 1 is 0.774 bits per heavy atom. The van der Waals surface area contributed by atoms with Crippen LogP contribution in [0.25, 0.3) is 33.2 Å². The third kappa shape index (κ3) is 4.14. The van der Waals surface area contributed by atoms with Gasteiger partial charge in [0.15, 0.2) is 0 Å². The number of aryl methyl sites for hydroxylation is 1. The largest absolute Gasteiger partial charge is 0.365 e. The Hall–Kier alpha value is -4.05. The van der Waals surface area contributed by atoms with Gasteiger partial charge >= 0.3 is 0 Å². The van der Waals surface area contributed by atoms with Gasteiger partial charge < -0.3 is 5.32 Å². The zero-order valence-electron chi connectivity index (χ0n) is 17.3. The predicted octanol–water partition coefficient (Wildman–Crippen LogP) is 6.28. The Labute approximate surface area is 181 Å². The van der Waals surface area contributed by atoms with E-state index in [1.54, 1.807) is 0 Å². The van der Waals surface area contributed by atoms with Gasteiger partial charge in [-0.25, -0.2) is 4.98 Å². The number of hydrogen-bond acceptors (Lipinski definition) is 4. The molecule has 0 aliphatic carbocycles. The monoisotopic (exact) mass is 402 g/mol. The number of anilines is 1. The first-order valence-corrected chi connectivity index (χ1v) is 10.3. The lowest BCUT2D eigenvalue weighted by Crippen LogP contribution is -2.03. The smallest absolute Gasteiger partial charge is 0.136 e. The molecule has 0 saturated heterocycles. The number of nitrogens with one attached hydrogen (secondary N) is 1. The summed E-state index contributed by atoms with van der Waals surface area (Å²) in [6, 6.07) is 27.1. The van der Waals surface area contributed by atoms with Crippen LogP contribution in [0.2, 0.25) is 0 Å². The van der Waals surface area contributed by atoms with Crippen molar-refractivity contribution in [2.45, 2.75) is 13.5 Å². The molecule has 5 rings (SSSR count). The van der Waals surface area contributed by atoms with E-state index in [4.69, 9.17) is 4.98 Å². The molecular formula is C27H22N4. The van der Waals surface area contributed by atoms with Crippen molar-refractivity contribution in [2.24, 2.45) is 0 Å². The van der Waals surface area contributed by atoms with Crippen molar-refractivity contribution in [3.63, 3.8) is 0 Å². The first-order chi connectivity index (χ1) is 15.3. The molecule has 5 aromatic rings. The van der Waals surface area contributed by atoms with Crippen LogP contribution >= 0.6 is 0 Å². The minimum atomic E-state index is 0.685. The molecule has 1 N–H and O–H groups in total. The standard InChI is InChI=1S/C27H22N4/c1-19-15-23(12-14-29-19)21-9-7-20(8-10-21)17-30-27-25-18-28-13-11-24(25)16-26(31-27)22-5-3-2-4-6-22/h2-16,18H,17H2,1H3,(H,30,31). The number of benzene rings is 2. The number of aromatic nitrogens is 3. The molecule has 0 aliphatic rings. The van der Waals surface area contributed by atoms with Crippen LogP contribution in [0.15, 0.2) is 97.5 Å². The molecule has 0 fully saturated rings. The fourth-order valence-corrected chi connectivity index (χ4v) is 3.71. The van der Waals surface area contributed by atoms with E-state index in [9.17, 15) is 0 Å². The minimum Gasteiger partial charge on any atom is -0.365 e. The number of nitrogens with zero attached hydrogens (tertiary/aromatic N) is 3. The maximum atomic E-state index is 4.90. The van der Waals surface area contributed by atoms with Gasteiger partial charge in [0.05, 0.1) is 5.69 Å². The van der Waals surface area contributed by atoms with E-state index in [0.717, 1.165) is 33.5 Å². The van der Waals surface area contributed by atoms with Gasteiger partial charge in [-0.3, -0.25) is 9.97 Å². The van der Waals surface area contributed by atoms with Crippen molar-refractivity contribution in [3.8, 4) is 22.4 Å². The zero-order valence-corrected chi connectivity index (χ0v) is 17.3. The van der Waals surface area contributed by atoms with Crippen molar-refractivity contribution >= 4 is 16.6 Å². The Morgan fingerprint density at radius 3 is 2.42 bits per heavy atom. The molecule has 31 heavy (non-hydrogen) atoms. The van der Waals surface area contributed by atoms with Crippen LogP contribution in [0.1, 0.15) is 11.3 Å². The lowest BCUT2D eigenvalue weighted by atomic mass is 10.0. The second kappa shape index (κ2) is 8.36. The van der Waals surface area contributed by atoms with Crippen LogP contribution in [0.3, 0.4) is 0 Å². The summed E-state index contributed by atoms with van der Waals surface area (Å²) in [5, 5.41) is 5.66. The van der Waals surface area contributed by atoms with Crippen molar-refractivity contribution in [3.05, 3.63) is 109 Å². The maximum Gasteiger partial charge on any atom is 0.136 e. The number of fused-ring (bicyclic) bond motifs is 1. The molecular weight excluding hydrogens is 380 g/mol. The summed E-state index contributed by atoms with van der Waals surface area (Å²) in [6.07, 6.45) is 5.54. The van der Waals surface area contributed by atoms with Crippen molar-refractivity contribution in [2.75, 3.05) is 5.32 Å². The van der Waals surface area contributed by atoms with Crippen molar-refractivity contribution in [1.82, 2.24) is 15.0 Å². The van der Waals surface area contributed by atoms with Crippen LogP contribution in [0, 0.1) is 6.92 Å². The average Bonchev–Trinajstić information content (AvgIpc) is 2.83. The summed E-state index contributed by atoms with van der Waals surface area (Å²) in [7, 11) is 0. The van der Waals surface area contributed by atoms with E-state index < -0.39 is 0 Å². The van der Waals surface area contributed by atoms with E-state index in [0.29, 0.717) is 6.54 Å². The normalized spacial score (nSPS) is 10.9. The highest BCUT2D eigenvalue weighted by molar-refractivity contribution is 5.93. The summed E-state index contributed by atoms with van der Waals surface area (Å²) in [5.41, 5.74) is 6.63. The summed E-state index contributed by atoms with van der Waals surface area (Å²) >= 11 is 0. The highest BCUT2D eigenvalue weighted by atomic mass is 15.0. The fraction of sp³-hybridized carbons (Fsp3) is 0.0741. The van der Waals surface area contributed by atoms with Gasteiger partial charge in [0.1, 0.15) is 5.82 Å². The third-order valence-electron chi connectivity index (χ3n) is 5.35. The lowest BCUT2D eigenvalue weighted by molar-refractivity contribution is 1.12. The lowest BCUT2D eigenvalue weighted by Gasteiger charge is -2.12. The predicted molar refractivity (Wildman–Crippen MR) is 127 cm³/mol. The van der Waals surface area contributed by atoms with Crippen LogP contribution in [0.5, 0.6) is 0 Å². The summed E-state index contributed by atoms with van der Waals surface area (Å²) in [5.74, 6) is 0.846. The molecule has 150 valence electrons. The molecule has 0 radical (unpaired) electrons. The molecule has 2 aromatic carbocycles. The Morgan fingerprint density at radius 2 is 1.61 bits per heavy atom. The maximum absolute atomic E-state index is 4.90. The van der Waals surface area contributed by atoms with Crippen molar-refractivity contribution < 1.29 is 0 Å². The van der Waals surface area contributed by atoms with E-state index >= 15 is 0 Å². The van der Waals surface area contributed by atoms with E-state index in [1.807, 2.05) is 55.8 Å².